The van der Waals surface area contributed by atoms with Crippen molar-refractivity contribution in [1.82, 2.24) is 9.97 Å². The van der Waals surface area contributed by atoms with E-state index in [0.29, 0.717) is 29.8 Å². The number of amides is 1. The van der Waals surface area contributed by atoms with Gasteiger partial charge in [-0.3, -0.25) is 9.78 Å². The number of thiazole rings is 1. The molecule has 4 aromatic rings. The molecule has 0 unspecified atom stereocenters. The van der Waals surface area contributed by atoms with E-state index in [-0.39, 0.29) is 5.91 Å². The molecule has 8 heteroatoms. The standard InChI is InChI=1S/C20H15N3O3S2/c24-19(11-27-17-5-6-21-13-4-2-1-3-12(13)17)23-20-22-14-9-15-16(10-18(14)28-20)26-8-7-25-15/h1-6,9-10H,7-8,11H2,(H,22,23,24). The Morgan fingerprint density at radius 1 is 1.11 bits per heavy atom. The molecule has 1 aliphatic rings. The van der Waals surface area contributed by atoms with E-state index in [1.807, 2.05) is 42.5 Å². The van der Waals surface area contributed by atoms with Crippen molar-refractivity contribution in [3.8, 4) is 11.5 Å². The fraction of sp³-hybridized carbons (Fsp3) is 0.150. The minimum atomic E-state index is -0.0952. The second kappa shape index (κ2) is 7.29. The smallest absolute Gasteiger partial charge is 0.236 e. The molecule has 0 radical (unpaired) electrons. The first-order valence-corrected chi connectivity index (χ1v) is 10.5. The molecule has 5 rings (SSSR count). The summed E-state index contributed by atoms with van der Waals surface area (Å²) in [6.07, 6.45) is 1.77. The summed E-state index contributed by atoms with van der Waals surface area (Å²) in [6, 6.07) is 13.6. The van der Waals surface area contributed by atoms with Gasteiger partial charge in [0, 0.05) is 28.6 Å². The Balaban J connectivity index is 1.30. The highest BCUT2D eigenvalue weighted by Gasteiger charge is 2.16. The number of ether oxygens (including phenoxy) is 2. The molecule has 0 aliphatic carbocycles. The van der Waals surface area contributed by atoms with Gasteiger partial charge in [0.05, 0.1) is 21.5 Å². The number of rotatable bonds is 4. The number of carbonyl (C=O) groups is 1. The third-order valence-electron chi connectivity index (χ3n) is 4.27. The molecule has 2 aromatic heterocycles. The summed E-state index contributed by atoms with van der Waals surface area (Å²) >= 11 is 2.91. The lowest BCUT2D eigenvalue weighted by Gasteiger charge is -2.17. The molecule has 140 valence electrons. The van der Waals surface area contributed by atoms with Crippen molar-refractivity contribution in [1.29, 1.82) is 0 Å². The summed E-state index contributed by atoms with van der Waals surface area (Å²) in [6.45, 7) is 1.08. The summed E-state index contributed by atoms with van der Waals surface area (Å²) in [5, 5.41) is 4.51. The van der Waals surface area contributed by atoms with Crippen LogP contribution in [-0.4, -0.2) is 34.8 Å². The molecular formula is C20H15N3O3S2. The van der Waals surface area contributed by atoms with Crippen LogP contribution in [0.3, 0.4) is 0 Å². The first-order chi connectivity index (χ1) is 13.8. The number of thioether (sulfide) groups is 1. The van der Waals surface area contributed by atoms with Gasteiger partial charge in [0.1, 0.15) is 13.2 Å². The van der Waals surface area contributed by atoms with Crippen molar-refractivity contribution in [2.24, 2.45) is 0 Å². The number of aromatic nitrogens is 2. The van der Waals surface area contributed by atoms with Gasteiger partial charge in [0.2, 0.25) is 5.91 Å². The van der Waals surface area contributed by atoms with Gasteiger partial charge in [0.25, 0.3) is 0 Å². The summed E-state index contributed by atoms with van der Waals surface area (Å²) < 4.78 is 12.1. The Morgan fingerprint density at radius 3 is 2.82 bits per heavy atom. The molecule has 1 N–H and O–H groups in total. The van der Waals surface area contributed by atoms with Crippen molar-refractivity contribution < 1.29 is 14.3 Å². The number of carbonyl (C=O) groups excluding carboxylic acids is 1. The van der Waals surface area contributed by atoms with Crippen LogP contribution in [0.1, 0.15) is 0 Å². The molecule has 28 heavy (non-hydrogen) atoms. The van der Waals surface area contributed by atoms with Gasteiger partial charge in [-0.15, -0.1) is 11.8 Å². The van der Waals surface area contributed by atoms with E-state index in [1.54, 1.807) is 6.20 Å². The number of hydrogen-bond acceptors (Lipinski definition) is 7. The molecule has 6 nitrogen and oxygen atoms in total. The van der Waals surface area contributed by atoms with Crippen molar-refractivity contribution in [2.45, 2.75) is 4.90 Å². The third kappa shape index (κ3) is 3.36. The second-order valence-corrected chi connectivity index (χ2v) is 8.19. The van der Waals surface area contributed by atoms with Crippen LogP contribution in [0.25, 0.3) is 21.1 Å². The van der Waals surface area contributed by atoms with Gasteiger partial charge < -0.3 is 14.8 Å². The number of benzene rings is 2. The lowest BCUT2D eigenvalue weighted by molar-refractivity contribution is -0.113. The van der Waals surface area contributed by atoms with Crippen LogP contribution in [0.5, 0.6) is 11.5 Å². The fourth-order valence-corrected chi connectivity index (χ4v) is 4.75. The van der Waals surface area contributed by atoms with E-state index >= 15 is 0 Å². The van der Waals surface area contributed by atoms with Crippen molar-refractivity contribution in [3.63, 3.8) is 0 Å². The lowest BCUT2D eigenvalue weighted by Crippen LogP contribution is -2.15. The molecule has 2 aromatic carbocycles. The van der Waals surface area contributed by atoms with Crippen molar-refractivity contribution in [3.05, 3.63) is 48.7 Å². The first kappa shape index (κ1) is 17.3. The van der Waals surface area contributed by atoms with Crippen LogP contribution in [0.15, 0.2) is 53.6 Å². The highest BCUT2D eigenvalue weighted by atomic mass is 32.2. The molecule has 0 fully saturated rings. The molecule has 0 spiro atoms. The summed E-state index contributed by atoms with van der Waals surface area (Å²) in [5.74, 6) is 1.62. The average Bonchev–Trinajstić information content (AvgIpc) is 3.11. The summed E-state index contributed by atoms with van der Waals surface area (Å²) in [4.78, 5) is 22.3. The molecule has 0 bridgehead atoms. The maximum absolute atomic E-state index is 12.4. The second-order valence-electron chi connectivity index (χ2n) is 6.15. The molecule has 0 atom stereocenters. The van der Waals surface area contributed by atoms with Gasteiger partial charge in [-0.1, -0.05) is 29.5 Å². The van der Waals surface area contributed by atoms with E-state index in [9.17, 15) is 4.79 Å². The summed E-state index contributed by atoms with van der Waals surface area (Å²) in [5.41, 5.74) is 1.71. The van der Waals surface area contributed by atoms with Crippen LogP contribution in [0, 0.1) is 0 Å². The van der Waals surface area contributed by atoms with Gasteiger partial charge in [-0.05, 0) is 12.1 Å². The average molecular weight is 409 g/mol. The predicted molar refractivity (Wildman–Crippen MR) is 112 cm³/mol. The number of fused-ring (bicyclic) bond motifs is 3. The minimum absolute atomic E-state index is 0.0952. The van der Waals surface area contributed by atoms with Crippen LogP contribution in [-0.2, 0) is 4.79 Å². The predicted octanol–water partition coefficient (Wildman–Crippen LogP) is 4.35. The quantitative estimate of drug-likeness (QED) is 0.505. The van der Waals surface area contributed by atoms with E-state index in [2.05, 4.69) is 15.3 Å². The van der Waals surface area contributed by atoms with Gasteiger partial charge >= 0.3 is 0 Å². The van der Waals surface area contributed by atoms with Crippen molar-refractivity contribution >= 4 is 55.3 Å². The number of para-hydroxylation sites is 1. The Hall–Kier alpha value is -2.84. The van der Waals surface area contributed by atoms with Crippen molar-refractivity contribution in [2.75, 3.05) is 24.3 Å². The Morgan fingerprint density at radius 2 is 1.93 bits per heavy atom. The normalized spacial score (nSPS) is 13.0. The van der Waals surface area contributed by atoms with E-state index in [4.69, 9.17) is 9.47 Å². The zero-order valence-electron chi connectivity index (χ0n) is 14.7. The Labute approximate surface area is 168 Å². The maximum atomic E-state index is 12.4. The lowest BCUT2D eigenvalue weighted by atomic mass is 10.2. The fourth-order valence-electron chi connectivity index (χ4n) is 3.01. The molecule has 3 heterocycles. The van der Waals surface area contributed by atoms with E-state index in [0.717, 1.165) is 31.8 Å². The monoisotopic (exact) mass is 409 g/mol. The van der Waals surface area contributed by atoms with Gasteiger partial charge in [0.15, 0.2) is 16.6 Å². The van der Waals surface area contributed by atoms with Gasteiger partial charge in [-0.2, -0.15) is 0 Å². The highest BCUT2D eigenvalue weighted by Crippen LogP contribution is 2.38. The van der Waals surface area contributed by atoms with E-state index < -0.39 is 0 Å². The summed E-state index contributed by atoms with van der Waals surface area (Å²) in [7, 11) is 0. The van der Waals surface area contributed by atoms with Gasteiger partial charge in [-0.25, -0.2) is 4.98 Å². The number of pyridine rings is 1. The molecule has 0 saturated carbocycles. The van der Waals surface area contributed by atoms with Crippen LogP contribution in [0.2, 0.25) is 0 Å². The number of nitrogens with zero attached hydrogens (tertiary/aromatic N) is 2. The third-order valence-corrected chi connectivity index (χ3v) is 6.27. The largest absolute Gasteiger partial charge is 0.486 e. The van der Waals surface area contributed by atoms with Crippen LogP contribution in [0.4, 0.5) is 5.13 Å². The first-order valence-electron chi connectivity index (χ1n) is 8.73. The topological polar surface area (TPSA) is 73.3 Å². The highest BCUT2D eigenvalue weighted by molar-refractivity contribution is 8.00. The zero-order chi connectivity index (χ0) is 18.9. The molecule has 1 aliphatic heterocycles. The van der Waals surface area contributed by atoms with E-state index in [1.165, 1.54) is 23.1 Å². The zero-order valence-corrected chi connectivity index (χ0v) is 16.3. The molecule has 1 amide bonds. The molecule has 0 saturated heterocycles. The SMILES string of the molecule is O=C(CSc1ccnc2ccccc12)Nc1nc2cc3c(cc2s1)OCCO3. The minimum Gasteiger partial charge on any atom is -0.486 e. The Kier molecular flexibility index (Phi) is 4.50. The Bertz CT molecular complexity index is 1140. The maximum Gasteiger partial charge on any atom is 0.236 e. The molecular weight excluding hydrogens is 394 g/mol. The van der Waals surface area contributed by atoms with Crippen LogP contribution < -0.4 is 14.8 Å². The number of anilines is 1. The number of nitrogens with one attached hydrogen (secondary N) is 1. The number of hydrogen-bond donors (Lipinski definition) is 1. The van der Waals surface area contributed by atoms with Crippen LogP contribution >= 0.6 is 23.1 Å².